The predicted molar refractivity (Wildman–Crippen MR) is 76.4 cm³/mol. The number of aliphatic hydroxyl groups excluding tert-OH is 4. The predicted octanol–water partition coefficient (Wildman–Crippen LogP) is -1.03. The summed E-state index contributed by atoms with van der Waals surface area (Å²) in [5.74, 6) is -0.888. The zero-order valence-corrected chi connectivity index (χ0v) is 12.5. The van der Waals surface area contributed by atoms with Gasteiger partial charge in [-0.2, -0.15) is 0 Å². The minimum atomic E-state index is -1.57. The van der Waals surface area contributed by atoms with Crippen LogP contribution in [0.5, 0.6) is 0 Å². The number of ether oxygens (including phenoxy) is 1. The second-order valence-electron chi connectivity index (χ2n) is 5.49. The monoisotopic (exact) mass is 329 g/mol. The van der Waals surface area contributed by atoms with Crippen LogP contribution in [-0.4, -0.2) is 68.5 Å². The first kappa shape index (κ1) is 17.8. The summed E-state index contributed by atoms with van der Waals surface area (Å²) in [5, 5.41) is 39.2. The molecule has 8 heteroatoms. The average molecular weight is 329 g/mol. The van der Waals surface area contributed by atoms with Crippen molar-refractivity contribution >= 4 is 5.91 Å². The summed E-state index contributed by atoms with van der Waals surface area (Å²) in [5.41, 5.74) is 0.583. The van der Waals surface area contributed by atoms with Crippen molar-refractivity contribution in [3.05, 3.63) is 35.6 Å². The topological polar surface area (TPSA) is 110 Å². The van der Waals surface area contributed by atoms with E-state index in [-0.39, 0.29) is 6.54 Å². The molecule has 0 bridgehead atoms. The molecule has 1 aliphatic rings. The molecule has 1 aromatic carbocycles. The van der Waals surface area contributed by atoms with Gasteiger partial charge in [-0.05, 0) is 17.7 Å². The van der Waals surface area contributed by atoms with Gasteiger partial charge in [0.05, 0.1) is 6.61 Å². The molecule has 0 spiro atoms. The first-order valence-electron chi connectivity index (χ1n) is 7.17. The summed E-state index contributed by atoms with van der Waals surface area (Å²) < 4.78 is 18.0. The molecule has 1 amide bonds. The van der Waals surface area contributed by atoms with Crippen molar-refractivity contribution < 1.29 is 34.3 Å². The van der Waals surface area contributed by atoms with E-state index in [1.165, 1.54) is 31.2 Å². The molecule has 0 aliphatic carbocycles. The molecular weight excluding hydrogens is 309 g/mol. The Labute approximate surface area is 132 Å². The van der Waals surface area contributed by atoms with Crippen LogP contribution in [0.2, 0.25) is 0 Å². The lowest BCUT2D eigenvalue weighted by atomic mass is 9.95. The standard InChI is InChI=1S/C15H20FNO6/c1-8(19)17(6-9-2-4-10(16)5-3-9)12-14(21)13(20)11(7-18)23-15(12)22/h2-5,11-15,18,20-22H,6-7H2,1H3/t11-,12-,13-,14-,15-/m1/s1. The fraction of sp³-hybridized carbons (Fsp3) is 0.533. The van der Waals surface area contributed by atoms with Crippen LogP contribution >= 0.6 is 0 Å². The van der Waals surface area contributed by atoms with Gasteiger partial charge in [-0.1, -0.05) is 12.1 Å². The number of hydrogen-bond donors (Lipinski definition) is 4. The van der Waals surface area contributed by atoms with Crippen LogP contribution in [0.1, 0.15) is 12.5 Å². The third-order valence-corrected chi connectivity index (χ3v) is 3.90. The van der Waals surface area contributed by atoms with E-state index in [9.17, 15) is 24.5 Å². The van der Waals surface area contributed by atoms with Crippen LogP contribution in [0.3, 0.4) is 0 Å². The number of aliphatic hydroxyl groups is 4. The maximum absolute atomic E-state index is 13.0. The maximum Gasteiger partial charge on any atom is 0.220 e. The van der Waals surface area contributed by atoms with E-state index in [0.29, 0.717) is 5.56 Å². The third-order valence-electron chi connectivity index (χ3n) is 3.90. The molecule has 1 aliphatic heterocycles. The Hall–Kier alpha value is -1.58. The molecule has 0 unspecified atom stereocenters. The van der Waals surface area contributed by atoms with E-state index < -0.39 is 49.0 Å². The number of benzene rings is 1. The zero-order valence-electron chi connectivity index (χ0n) is 12.5. The van der Waals surface area contributed by atoms with Gasteiger partial charge in [-0.15, -0.1) is 0 Å². The summed E-state index contributed by atoms with van der Waals surface area (Å²) in [7, 11) is 0. The molecule has 7 nitrogen and oxygen atoms in total. The highest BCUT2D eigenvalue weighted by Gasteiger charge is 2.47. The Morgan fingerprint density at radius 2 is 1.83 bits per heavy atom. The molecule has 1 heterocycles. The summed E-state index contributed by atoms with van der Waals surface area (Å²) in [6.07, 6.45) is -5.67. The van der Waals surface area contributed by atoms with Gasteiger partial charge in [0.15, 0.2) is 6.29 Å². The lowest BCUT2D eigenvalue weighted by Gasteiger charge is -2.44. The van der Waals surface area contributed by atoms with E-state index in [1.807, 2.05) is 0 Å². The van der Waals surface area contributed by atoms with Gasteiger partial charge in [0.25, 0.3) is 0 Å². The lowest BCUT2D eigenvalue weighted by Crippen LogP contribution is -2.64. The largest absolute Gasteiger partial charge is 0.394 e. The molecule has 5 atom stereocenters. The van der Waals surface area contributed by atoms with Crippen molar-refractivity contribution in [2.75, 3.05) is 6.61 Å². The van der Waals surface area contributed by atoms with Crippen molar-refractivity contribution in [3.8, 4) is 0 Å². The Bertz CT molecular complexity index is 539. The number of hydrogen-bond acceptors (Lipinski definition) is 6. The van der Waals surface area contributed by atoms with Gasteiger partial charge in [0.1, 0.15) is 30.2 Å². The smallest absolute Gasteiger partial charge is 0.220 e. The molecule has 1 aromatic rings. The molecule has 4 N–H and O–H groups in total. The Balaban J connectivity index is 2.22. The van der Waals surface area contributed by atoms with Crippen LogP contribution in [0.25, 0.3) is 0 Å². The van der Waals surface area contributed by atoms with Gasteiger partial charge >= 0.3 is 0 Å². The van der Waals surface area contributed by atoms with Gasteiger partial charge in [0.2, 0.25) is 5.91 Å². The second-order valence-corrected chi connectivity index (χ2v) is 5.49. The summed E-state index contributed by atoms with van der Waals surface area (Å²) in [4.78, 5) is 13.0. The van der Waals surface area contributed by atoms with Crippen molar-refractivity contribution in [2.24, 2.45) is 0 Å². The number of amides is 1. The first-order valence-corrected chi connectivity index (χ1v) is 7.17. The van der Waals surface area contributed by atoms with Gasteiger partial charge in [-0.3, -0.25) is 4.79 Å². The maximum atomic E-state index is 13.0. The fourth-order valence-corrected chi connectivity index (χ4v) is 2.63. The van der Waals surface area contributed by atoms with Gasteiger partial charge in [0, 0.05) is 13.5 Å². The van der Waals surface area contributed by atoms with Crippen molar-refractivity contribution in [1.29, 1.82) is 0 Å². The summed E-state index contributed by atoms with van der Waals surface area (Å²) >= 11 is 0. The Morgan fingerprint density at radius 1 is 1.22 bits per heavy atom. The first-order chi connectivity index (χ1) is 10.8. The summed E-state index contributed by atoms with van der Waals surface area (Å²) in [6, 6.07) is 4.19. The fourth-order valence-electron chi connectivity index (χ4n) is 2.63. The molecular formula is C15H20FNO6. The highest BCUT2D eigenvalue weighted by atomic mass is 19.1. The molecule has 0 saturated carbocycles. The Kier molecular flexibility index (Phi) is 5.66. The van der Waals surface area contributed by atoms with Crippen LogP contribution in [0, 0.1) is 5.82 Å². The van der Waals surface area contributed by atoms with Crippen LogP contribution < -0.4 is 0 Å². The molecule has 1 fully saturated rings. The highest BCUT2D eigenvalue weighted by Crippen LogP contribution is 2.25. The third kappa shape index (κ3) is 3.85. The van der Waals surface area contributed by atoms with E-state index in [1.54, 1.807) is 0 Å². The SMILES string of the molecule is CC(=O)N(Cc1ccc(F)cc1)[C@@H]1[C@@H](O)[C@H](O)[C@@H](CO)O[C@H]1O. The molecule has 0 aromatic heterocycles. The number of carbonyl (C=O) groups excluding carboxylic acids is 1. The Morgan fingerprint density at radius 3 is 2.35 bits per heavy atom. The van der Waals surface area contributed by atoms with E-state index >= 15 is 0 Å². The minimum Gasteiger partial charge on any atom is -0.394 e. The summed E-state index contributed by atoms with van der Waals surface area (Å²) in [6.45, 7) is 0.655. The minimum absolute atomic E-state index is 0.00568. The number of halogens is 1. The van der Waals surface area contributed by atoms with Crippen LogP contribution in [-0.2, 0) is 16.1 Å². The normalized spacial score (nSPS) is 31.0. The number of nitrogens with zero attached hydrogens (tertiary/aromatic N) is 1. The average Bonchev–Trinajstić information content (AvgIpc) is 2.51. The second kappa shape index (κ2) is 7.33. The number of rotatable bonds is 4. The molecule has 2 rings (SSSR count). The van der Waals surface area contributed by atoms with Crippen molar-refractivity contribution in [1.82, 2.24) is 4.90 Å². The lowest BCUT2D eigenvalue weighted by molar-refractivity contribution is -0.271. The molecule has 1 saturated heterocycles. The zero-order chi connectivity index (χ0) is 17.1. The van der Waals surface area contributed by atoms with E-state index in [4.69, 9.17) is 9.84 Å². The molecule has 0 radical (unpaired) electrons. The number of carbonyl (C=O) groups is 1. The van der Waals surface area contributed by atoms with Gasteiger partial charge < -0.3 is 30.1 Å². The van der Waals surface area contributed by atoms with Crippen molar-refractivity contribution in [3.63, 3.8) is 0 Å². The highest BCUT2D eigenvalue weighted by molar-refractivity contribution is 5.73. The quantitative estimate of drug-likeness (QED) is 0.562. The van der Waals surface area contributed by atoms with E-state index in [2.05, 4.69) is 0 Å². The molecule has 23 heavy (non-hydrogen) atoms. The van der Waals surface area contributed by atoms with Crippen LogP contribution in [0.15, 0.2) is 24.3 Å². The van der Waals surface area contributed by atoms with Gasteiger partial charge in [-0.25, -0.2) is 4.39 Å². The van der Waals surface area contributed by atoms with Crippen LogP contribution in [0.4, 0.5) is 4.39 Å². The molecule has 128 valence electrons. The van der Waals surface area contributed by atoms with E-state index in [0.717, 1.165) is 4.90 Å². The van der Waals surface area contributed by atoms with Crippen molar-refractivity contribution in [2.45, 2.75) is 44.1 Å².